The Morgan fingerprint density at radius 2 is 1.92 bits per heavy atom. The van der Waals surface area contributed by atoms with Crippen molar-refractivity contribution in [2.24, 2.45) is 0 Å². The molecule has 26 heavy (non-hydrogen) atoms. The zero-order valence-electron chi connectivity index (χ0n) is 14.1. The smallest absolute Gasteiger partial charge is 0.251 e. The van der Waals surface area contributed by atoms with Crippen LogP contribution in [-0.2, 0) is 10.0 Å². The molecule has 0 bridgehead atoms. The maximum Gasteiger partial charge on any atom is 0.251 e. The molecule has 2 N–H and O–H groups in total. The molecule has 0 radical (unpaired) electrons. The summed E-state index contributed by atoms with van der Waals surface area (Å²) in [5, 5.41) is 11.2. The van der Waals surface area contributed by atoms with Gasteiger partial charge in [-0.2, -0.15) is 5.26 Å². The Bertz CT molecular complexity index is 921. The van der Waals surface area contributed by atoms with Crippen molar-refractivity contribution < 1.29 is 17.6 Å². The summed E-state index contributed by atoms with van der Waals surface area (Å²) < 4.78 is 39.6. The largest absolute Gasteiger partial charge is 0.346 e. The molecule has 2 rings (SSSR count). The Hall–Kier alpha value is -2.76. The number of benzene rings is 2. The Kier molecular flexibility index (Phi) is 6.44. The summed E-state index contributed by atoms with van der Waals surface area (Å²) in [7, 11) is -3.80. The molecule has 1 atom stereocenters. The van der Waals surface area contributed by atoms with Crippen LogP contribution in [0.3, 0.4) is 0 Å². The standard InChI is InChI=1S/C18H18FN3O3S/c1-13(14-6-8-16(19)9-7-14)22-18(23)15-4-2-5-17(12-15)26(24,25)21-11-3-10-20/h2,4-9,12-13,21H,3,11H2,1H3,(H,22,23)/t13-/m0/s1. The highest BCUT2D eigenvalue weighted by molar-refractivity contribution is 7.89. The predicted octanol–water partition coefficient (Wildman–Crippen LogP) is 2.51. The summed E-state index contributed by atoms with van der Waals surface area (Å²) >= 11 is 0. The summed E-state index contributed by atoms with van der Waals surface area (Å²) in [6, 6.07) is 12.8. The highest BCUT2D eigenvalue weighted by Gasteiger charge is 2.17. The van der Waals surface area contributed by atoms with E-state index in [0.29, 0.717) is 0 Å². The van der Waals surface area contributed by atoms with E-state index in [1.807, 2.05) is 6.07 Å². The lowest BCUT2D eigenvalue weighted by atomic mass is 10.1. The van der Waals surface area contributed by atoms with Gasteiger partial charge in [0.15, 0.2) is 0 Å². The molecule has 0 aliphatic carbocycles. The number of hydrogen-bond donors (Lipinski definition) is 2. The van der Waals surface area contributed by atoms with Gasteiger partial charge in [0.05, 0.1) is 17.0 Å². The topological polar surface area (TPSA) is 99.1 Å². The molecule has 2 aromatic carbocycles. The second-order valence-corrected chi connectivity index (χ2v) is 7.35. The number of rotatable bonds is 7. The van der Waals surface area contributed by atoms with E-state index in [4.69, 9.17) is 5.26 Å². The third kappa shape index (κ3) is 5.12. The van der Waals surface area contributed by atoms with Crippen LogP contribution in [0.1, 0.15) is 35.3 Å². The van der Waals surface area contributed by atoms with Gasteiger partial charge in [-0.1, -0.05) is 18.2 Å². The molecule has 0 spiro atoms. The van der Waals surface area contributed by atoms with Gasteiger partial charge in [0, 0.05) is 18.5 Å². The van der Waals surface area contributed by atoms with E-state index in [9.17, 15) is 17.6 Å². The van der Waals surface area contributed by atoms with Gasteiger partial charge in [0.2, 0.25) is 10.0 Å². The summed E-state index contributed by atoms with van der Waals surface area (Å²) in [6.07, 6.45) is 0.0502. The lowest BCUT2D eigenvalue weighted by Gasteiger charge is -2.15. The van der Waals surface area contributed by atoms with Crippen molar-refractivity contribution in [1.29, 1.82) is 5.26 Å². The fraction of sp³-hybridized carbons (Fsp3) is 0.222. The molecule has 0 saturated carbocycles. The van der Waals surface area contributed by atoms with Gasteiger partial charge in [-0.05, 0) is 42.8 Å². The third-order valence-electron chi connectivity index (χ3n) is 3.65. The minimum absolute atomic E-state index is 0.00312. The van der Waals surface area contributed by atoms with Crippen molar-refractivity contribution in [2.45, 2.75) is 24.3 Å². The Morgan fingerprint density at radius 1 is 1.23 bits per heavy atom. The predicted molar refractivity (Wildman–Crippen MR) is 94.1 cm³/mol. The first-order valence-corrected chi connectivity index (χ1v) is 9.35. The summed E-state index contributed by atoms with van der Waals surface area (Å²) in [4.78, 5) is 12.3. The van der Waals surface area contributed by atoms with E-state index in [1.165, 1.54) is 36.4 Å². The average molecular weight is 375 g/mol. The van der Waals surface area contributed by atoms with Crippen LogP contribution in [0.2, 0.25) is 0 Å². The van der Waals surface area contributed by atoms with E-state index in [1.54, 1.807) is 19.1 Å². The molecule has 0 unspecified atom stereocenters. The normalized spacial score (nSPS) is 12.2. The van der Waals surface area contributed by atoms with Crippen LogP contribution in [0, 0.1) is 17.1 Å². The van der Waals surface area contributed by atoms with E-state index < -0.39 is 15.9 Å². The second-order valence-electron chi connectivity index (χ2n) is 5.58. The van der Waals surface area contributed by atoms with E-state index in [0.717, 1.165) is 5.56 Å². The molecule has 2 aromatic rings. The number of sulfonamides is 1. The van der Waals surface area contributed by atoms with Gasteiger partial charge in [0.1, 0.15) is 5.82 Å². The van der Waals surface area contributed by atoms with Crippen LogP contribution in [-0.4, -0.2) is 20.9 Å². The average Bonchev–Trinajstić information content (AvgIpc) is 2.62. The second kappa shape index (κ2) is 8.56. The van der Waals surface area contributed by atoms with Gasteiger partial charge < -0.3 is 5.32 Å². The number of nitrogens with zero attached hydrogens (tertiary/aromatic N) is 1. The minimum atomic E-state index is -3.80. The number of halogens is 1. The van der Waals surface area contributed by atoms with Crippen LogP contribution in [0.25, 0.3) is 0 Å². The molecule has 0 aromatic heterocycles. The first-order valence-electron chi connectivity index (χ1n) is 7.86. The van der Waals surface area contributed by atoms with Crippen molar-refractivity contribution >= 4 is 15.9 Å². The van der Waals surface area contributed by atoms with Crippen LogP contribution in [0.4, 0.5) is 4.39 Å². The molecule has 0 saturated heterocycles. The van der Waals surface area contributed by atoms with E-state index >= 15 is 0 Å². The molecule has 136 valence electrons. The van der Waals surface area contributed by atoms with Crippen molar-refractivity contribution in [2.75, 3.05) is 6.54 Å². The number of carbonyl (C=O) groups is 1. The lowest BCUT2D eigenvalue weighted by molar-refractivity contribution is 0.0939. The first kappa shape index (κ1) is 19.6. The van der Waals surface area contributed by atoms with Crippen molar-refractivity contribution in [3.05, 3.63) is 65.5 Å². The maximum absolute atomic E-state index is 13.0. The summed E-state index contributed by atoms with van der Waals surface area (Å²) in [5.74, 6) is -0.815. The third-order valence-corrected chi connectivity index (χ3v) is 5.11. The fourth-order valence-electron chi connectivity index (χ4n) is 2.24. The number of amides is 1. The molecule has 0 fully saturated rings. The highest BCUT2D eigenvalue weighted by Crippen LogP contribution is 2.16. The molecular formula is C18H18FN3O3S. The molecule has 0 aliphatic rings. The van der Waals surface area contributed by atoms with Gasteiger partial charge in [0.25, 0.3) is 5.91 Å². The van der Waals surface area contributed by atoms with Gasteiger partial charge in [-0.15, -0.1) is 0 Å². The van der Waals surface area contributed by atoms with Crippen molar-refractivity contribution in [3.63, 3.8) is 0 Å². The van der Waals surface area contributed by atoms with Gasteiger partial charge in [-0.25, -0.2) is 17.5 Å². The number of hydrogen-bond acceptors (Lipinski definition) is 4. The SMILES string of the molecule is C[C@H](NC(=O)c1cccc(S(=O)(=O)NCCC#N)c1)c1ccc(F)cc1. The number of nitrogens with one attached hydrogen (secondary N) is 2. The van der Waals surface area contributed by atoms with Crippen LogP contribution < -0.4 is 10.0 Å². The summed E-state index contributed by atoms with van der Waals surface area (Å²) in [6.45, 7) is 1.74. The lowest BCUT2D eigenvalue weighted by Crippen LogP contribution is -2.28. The molecule has 0 aliphatic heterocycles. The molecular weight excluding hydrogens is 357 g/mol. The Labute approximate surface area is 151 Å². The summed E-state index contributed by atoms with van der Waals surface area (Å²) in [5.41, 5.74) is 0.906. The van der Waals surface area contributed by atoms with Crippen LogP contribution in [0.5, 0.6) is 0 Å². The monoisotopic (exact) mass is 375 g/mol. The van der Waals surface area contributed by atoms with Crippen LogP contribution in [0.15, 0.2) is 53.4 Å². The van der Waals surface area contributed by atoms with Gasteiger partial charge in [-0.3, -0.25) is 4.79 Å². The zero-order chi connectivity index (χ0) is 19.2. The van der Waals surface area contributed by atoms with Crippen molar-refractivity contribution in [3.8, 4) is 6.07 Å². The van der Waals surface area contributed by atoms with E-state index in [2.05, 4.69) is 10.0 Å². The molecule has 1 amide bonds. The molecule has 8 heteroatoms. The quantitative estimate of drug-likeness (QED) is 0.726. The Morgan fingerprint density at radius 3 is 2.58 bits per heavy atom. The fourth-order valence-corrected chi connectivity index (χ4v) is 3.32. The van der Waals surface area contributed by atoms with E-state index in [-0.39, 0.29) is 35.3 Å². The van der Waals surface area contributed by atoms with Gasteiger partial charge >= 0.3 is 0 Å². The molecule has 0 heterocycles. The van der Waals surface area contributed by atoms with Crippen LogP contribution >= 0.6 is 0 Å². The van der Waals surface area contributed by atoms with Crippen molar-refractivity contribution in [1.82, 2.24) is 10.0 Å². The first-order chi connectivity index (χ1) is 12.3. The zero-order valence-corrected chi connectivity index (χ0v) is 14.9. The number of carbonyl (C=O) groups excluding carboxylic acids is 1. The number of nitriles is 1. The highest BCUT2D eigenvalue weighted by atomic mass is 32.2. The molecule has 6 nitrogen and oxygen atoms in total. The maximum atomic E-state index is 13.0. The minimum Gasteiger partial charge on any atom is -0.346 e. The Balaban J connectivity index is 2.12.